The average Bonchev–Trinajstić information content (AvgIpc) is 2.73. The topological polar surface area (TPSA) is 75.7 Å². The number of rotatable bonds is 7. The van der Waals surface area contributed by atoms with Gasteiger partial charge in [0.1, 0.15) is 12.3 Å². The molecule has 30 heavy (non-hydrogen) atoms. The number of halogens is 2. The molecule has 0 spiro atoms. The zero-order valence-electron chi connectivity index (χ0n) is 15.9. The van der Waals surface area contributed by atoms with Gasteiger partial charge in [-0.3, -0.25) is 9.10 Å². The van der Waals surface area contributed by atoms with Crippen LogP contribution < -0.4 is 14.4 Å². The molecule has 1 amide bonds. The summed E-state index contributed by atoms with van der Waals surface area (Å²) in [4.78, 5) is 12.8. The van der Waals surface area contributed by atoms with E-state index in [2.05, 4.69) is 27.9 Å². The zero-order chi connectivity index (χ0) is 21.7. The number of hydrogen-bond acceptors (Lipinski definition) is 4. The Balaban J connectivity index is 1.90. The van der Waals surface area contributed by atoms with Gasteiger partial charge in [0.2, 0.25) is 5.91 Å². The molecule has 0 aliphatic carbocycles. The van der Waals surface area contributed by atoms with Crippen LogP contribution in [0.5, 0.6) is 5.75 Å². The van der Waals surface area contributed by atoms with Gasteiger partial charge in [0.15, 0.2) is 0 Å². The van der Waals surface area contributed by atoms with Crippen molar-refractivity contribution in [1.29, 1.82) is 0 Å². The zero-order valence-corrected chi connectivity index (χ0v) is 19.6. The lowest BCUT2D eigenvalue weighted by Gasteiger charge is -2.24. The molecule has 0 aromatic heterocycles. The lowest BCUT2D eigenvalue weighted by atomic mass is 10.3. The van der Waals surface area contributed by atoms with Crippen LogP contribution in [0.4, 0.5) is 11.4 Å². The first-order chi connectivity index (χ1) is 14.3. The Morgan fingerprint density at radius 2 is 1.73 bits per heavy atom. The quantitative estimate of drug-likeness (QED) is 0.425. The van der Waals surface area contributed by atoms with Crippen LogP contribution in [0.3, 0.4) is 0 Å². The molecule has 6 nitrogen and oxygen atoms in total. The Bertz CT molecular complexity index is 1140. The van der Waals surface area contributed by atoms with Crippen molar-refractivity contribution in [2.75, 3.05) is 23.3 Å². The molecule has 0 saturated heterocycles. The Kier molecular flexibility index (Phi) is 7.22. The summed E-state index contributed by atoms with van der Waals surface area (Å²) in [7, 11) is -2.46. The summed E-state index contributed by atoms with van der Waals surface area (Å²) in [5, 5.41) is 3.02. The highest BCUT2D eigenvalue weighted by atomic mass is 127. The van der Waals surface area contributed by atoms with Crippen LogP contribution in [0, 0.1) is 3.57 Å². The molecule has 0 aliphatic rings. The number of methoxy groups -OCH3 is 1. The van der Waals surface area contributed by atoms with Crippen LogP contribution in [0.15, 0.2) is 77.7 Å². The number of ether oxygens (including phenoxy) is 1. The van der Waals surface area contributed by atoms with Crippen molar-refractivity contribution < 1.29 is 17.9 Å². The second-order valence-corrected chi connectivity index (χ2v) is 9.71. The van der Waals surface area contributed by atoms with E-state index in [9.17, 15) is 13.2 Å². The second kappa shape index (κ2) is 9.67. The standard InChI is InChI=1S/C21H18ClIN2O4S/c1-29-20-12-9-16(13-19(20)22)24-21(26)14-25(17-10-7-15(23)8-11-17)30(27,28)18-5-3-2-4-6-18/h2-13H,14H2,1H3,(H,24,26). The fraction of sp³-hybridized carbons (Fsp3) is 0.0952. The van der Waals surface area contributed by atoms with Crippen LogP contribution in [-0.2, 0) is 14.8 Å². The maximum absolute atomic E-state index is 13.2. The van der Waals surface area contributed by atoms with E-state index in [-0.39, 0.29) is 4.90 Å². The molecule has 0 unspecified atom stereocenters. The molecule has 156 valence electrons. The number of carbonyl (C=O) groups is 1. The van der Waals surface area contributed by atoms with Crippen molar-refractivity contribution in [3.8, 4) is 5.75 Å². The van der Waals surface area contributed by atoms with E-state index in [0.717, 1.165) is 7.88 Å². The van der Waals surface area contributed by atoms with E-state index in [4.69, 9.17) is 16.3 Å². The van der Waals surface area contributed by atoms with Crippen molar-refractivity contribution in [3.05, 3.63) is 81.4 Å². The van der Waals surface area contributed by atoms with Crippen LogP contribution in [-0.4, -0.2) is 28.0 Å². The summed E-state index contributed by atoms with van der Waals surface area (Å²) in [5.41, 5.74) is 0.827. The lowest BCUT2D eigenvalue weighted by Crippen LogP contribution is -2.38. The van der Waals surface area contributed by atoms with Crippen LogP contribution in [0.1, 0.15) is 0 Å². The predicted octanol–water partition coefficient (Wildman–Crippen LogP) is 4.79. The Morgan fingerprint density at radius 1 is 1.07 bits per heavy atom. The first kappa shape index (κ1) is 22.4. The molecule has 0 radical (unpaired) electrons. The van der Waals surface area contributed by atoms with Crippen molar-refractivity contribution in [1.82, 2.24) is 0 Å². The van der Waals surface area contributed by atoms with E-state index in [1.807, 2.05) is 0 Å². The third-order valence-electron chi connectivity index (χ3n) is 4.17. The van der Waals surface area contributed by atoms with Crippen LogP contribution >= 0.6 is 34.2 Å². The predicted molar refractivity (Wildman–Crippen MR) is 127 cm³/mol. The second-order valence-electron chi connectivity index (χ2n) is 6.20. The van der Waals surface area contributed by atoms with Gasteiger partial charge in [-0.25, -0.2) is 8.42 Å². The number of nitrogens with zero attached hydrogens (tertiary/aromatic N) is 1. The molecule has 3 rings (SSSR count). The van der Waals surface area contributed by atoms with Gasteiger partial charge in [0, 0.05) is 9.26 Å². The maximum atomic E-state index is 13.2. The Hall–Kier alpha value is -2.30. The molecule has 0 fully saturated rings. The molecule has 3 aromatic rings. The van der Waals surface area contributed by atoms with E-state index in [1.54, 1.807) is 60.7 Å². The molecule has 0 bridgehead atoms. The minimum Gasteiger partial charge on any atom is -0.495 e. The molecule has 0 atom stereocenters. The summed E-state index contributed by atoms with van der Waals surface area (Å²) in [5.74, 6) is -0.0314. The van der Waals surface area contributed by atoms with Gasteiger partial charge in [-0.05, 0) is 77.2 Å². The third kappa shape index (κ3) is 5.24. The molecule has 0 saturated carbocycles. The van der Waals surface area contributed by atoms with Gasteiger partial charge in [0.25, 0.3) is 10.0 Å². The summed E-state index contributed by atoms with van der Waals surface area (Å²) in [6.07, 6.45) is 0. The molecule has 3 aromatic carbocycles. The summed E-state index contributed by atoms with van der Waals surface area (Å²) in [6.45, 7) is -0.401. The molecule has 1 N–H and O–H groups in total. The highest BCUT2D eigenvalue weighted by Gasteiger charge is 2.27. The molecular weight excluding hydrogens is 539 g/mol. The monoisotopic (exact) mass is 556 g/mol. The van der Waals surface area contributed by atoms with Gasteiger partial charge in [-0.2, -0.15) is 0 Å². The fourth-order valence-corrected chi connectivity index (χ4v) is 4.78. The Labute approximate surface area is 194 Å². The van der Waals surface area contributed by atoms with Gasteiger partial charge in [0.05, 0.1) is 22.7 Å². The average molecular weight is 557 g/mol. The van der Waals surface area contributed by atoms with Crippen molar-refractivity contribution >= 4 is 61.5 Å². The van der Waals surface area contributed by atoms with E-state index < -0.39 is 22.5 Å². The van der Waals surface area contributed by atoms with Gasteiger partial charge in [-0.15, -0.1) is 0 Å². The van der Waals surface area contributed by atoms with Crippen LogP contribution in [0.25, 0.3) is 0 Å². The lowest BCUT2D eigenvalue weighted by molar-refractivity contribution is -0.114. The SMILES string of the molecule is COc1ccc(NC(=O)CN(c2ccc(I)cc2)S(=O)(=O)c2ccccc2)cc1Cl. The number of nitrogens with one attached hydrogen (secondary N) is 1. The molecule has 0 aliphatic heterocycles. The maximum Gasteiger partial charge on any atom is 0.264 e. The Morgan fingerprint density at radius 3 is 2.33 bits per heavy atom. The highest BCUT2D eigenvalue weighted by Crippen LogP contribution is 2.28. The smallest absolute Gasteiger partial charge is 0.264 e. The summed E-state index contributed by atoms with van der Waals surface area (Å²) in [6, 6.07) is 19.7. The number of carbonyl (C=O) groups excluding carboxylic acids is 1. The molecule has 9 heteroatoms. The minimum atomic E-state index is -3.95. The molecular formula is C21H18ClIN2O4S. The van der Waals surface area contributed by atoms with Crippen molar-refractivity contribution in [2.45, 2.75) is 4.90 Å². The van der Waals surface area contributed by atoms with Gasteiger partial charge < -0.3 is 10.1 Å². The summed E-state index contributed by atoms with van der Waals surface area (Å²) >= 11 is 8.23. The van der Waals surface area contributed by atoms with Crippen molar-refractivity contribution in [2.24, 2.45) is 0 Å². The fourth-order valence-electron chi connectivity index (χ4n) is 2.72. The highest BCUT2D eigenvalue weighted by molar-refractivity contribution is 14.1. The third-order valence-corrected chi connectivity index (χ3v) is 6.97. The number of anilines is 2. The first-order valence-electron chi connectivity index (χ1n) is 8.78. The normalized spacial score (nSPS) is 11.0. The minimum absolute atomic E-state index is 0.101. The number of benzene rings is 3. The van der Waals surface area contributed by atoms with E-state index in [1.165, 1.54) is 19.2 Å². The molecule has 0 heterocycles. The number of sulfonamides is 1. The number of amides is 1. The van der Waals surface area contributed by atoms with Gasteiger partial charge in [-0.1, -0.05) is 29.8 Å². The number of hydrogen-bond donors (Lipinski definition) is 1. The van der Waals surface area contributed by atoms with E-state index in [0.29, 0.717) is 22.1 Å². The van der Waals surface area contributed by atoms with Crippen LogP contribution in [0.2, 0.25) is 5.02 Å². The largest absolute Gasteiger partial charge is 0.495 e. The summed E-state index contributed by atoms with van der Waals surface area (Å²) < 4.78 is 33.6. The van der Waals surface area contributed by atoms with Crippen molar-refractivity contribution in [3.63, 3.8) is 0 Å². The van der Waals surface area contributed by atoms with Gasteiger partial charge >= 0.3 is 0 Å². The van der Waals surface area contributed by atoms with E-state index >= 15 is 0 Å². The first-order valence-corrected chi connectivity index (χ1v) is 11.7.